The molecule has 0 aliphatic rings. The minimum atomic E-state index is -3.38. The van der Waals surface area contributed by atoms with Gasteiger partial charge in [0.05, 0.1) is 18.5 Å². The van der Waals surface area contributed by atoms with Crippen molar-refractivity contribution in [3.8, 4) is 11.1 Å². The molecule has 0 aromatic heterocycles. The Balaban J connectivity index is 1.90. The summed E-state index contributed by atoms with van der Waals surface area (Å²) in [6.07, 6.45) is 3.77. The molecule has 8 heteroatoms. The van der Waals surface area contributed by atoms with Gasteiger partial charge in [0.15, 0.2) is 0 Å². The molecule has 1 amide bonds. The van der Waals surface area contributed by atoms with E-state index in [0.717, 1.165) is 47.8 Å². The quantitative estimate of drug-likeness (QED) is 0.265. The molecular formula is C31H37NO6S. The molecule has 0 bridgehead atoms. The Morgan fingerprint density at radius 3 is 2.28 bits per heavy atom. The standard InChI is InChI=1S/C31H37NO6S/c1-4-5-15-29(24-12-7-6-8-13-24)38-21-23-16-17-26(27(20-23)25-14-10-9-11-22(25)2)30(33)32-28(31(34)35)18-19-39(3,36)37/h6-14,16-17,20,28-29H,4-5,15,18-19,21H2,1-3H3,(H,32,33)(H,34,35)/t28-,29+/m0/s1. The van der Waals surface area contributed by atoms with E-state index in [9.17, 15) is 23.1 Å². The number of rotatable bonds is 14. The number of carboxylic acids is 1. The van der Waals surface area contributed by atoms with Crippen molar-refractivity contribution in [3.63, 3.8) is 0 Å². The Labute approximate surface area is 231 Å². The number of ether oxygens (including phenoxy) is 1. The van der Waals surface area contributed by atoms with E-state index in [1.165, 1.54) is 0 Å². The zero-order valence-electron chi connectivity index (χ0n) is 22.7. The summed E-state index contributed by atoms with van der Waals surface area (Å²) in [7, 11) is -3.38. The summed E-state index contributed by atoms with van der Waals surface area (Å²) in [6.45, 7) is 4.44. The van der Waals surface area contributed by atoms with E-state index in [1.54, 1.807) is 6.07 Å². The molecule has 0 radical (unpaired) electrons. The van der Waals surface area contributed by atoms with E-state index >= 15 is 0 Å². The monoisotopic (exact) mass is 551 g/mol. The lowest BCUT2D eigenvalue weighted by molar-refractivity contribution is -0.139. The third kappa shape index (κ3) is 9.04. The predicted octanol–water partition coefficient (Wildman–Crippen LogP) is 5.73. The molecule has 0 unspecified atom stereocenters. The van der Waals surface area contributed by atoms with Crippen molar-refractivity contribution in [2.24, 2.45) is 0 Å². The Hall–Kier alpha value is -3.49. The Kier molecular flexibility index (Phi) is 10.8. The second-order valence-corrected chi connectivity index (χ2v) is 12.1. The van der Waals surface area contributed by atoms with Crippen molar-refractivity contribution in [2.45, 2.75) is 58.3 Å². The molecule has 208 valence electrons. The van der Waals surface area contributed by atoms with Gasteiger partial charge in [-0.25, -0.2) is 13.2 Å². The summed E-state index contributed by atoms with van der Waals surface area (Å²) in [4.78, 5) is 25.1. The summed E-state index contributed by atoms with van der Waals surface area (Å²) in [5, 5.41) is 12.1. The summed E-state index contributed by atoms with van der Waals surface area (Å²) in [6, 6.07) is 21.8. The highest BCUT2D eigenvalue weighted by Crippen LogP contribution is 2.30. The van der Waals surface area contributed by atoms with Gasteiger partial charge in [-0.05, 0) is 59.7 Å². The third-order valence-corrected chi connectivity index (χ3v) is 7.56. The average molecular weight is 552 g/mol. The lowest BCUT2D eigenvalue weighted by atomic mass is 9.93. The number of nitrogens with one attached hydrogen (secondary N) is 1. The molecule has 0 spiro atoms. The summed E-state index contributed by atoms with van der Waals surface area (Å²) in [5.41, 5.74) is 4.77. The van der Waals surface area contributed by atoms with Crippen LogP contribution in [-0.4, -0.2) is 43.5 Å². The smallest absolute Gasteiger partial charge is 0.326 e. The number of benzene rings is 3. The molecule has 3 rings (SSSR count). The molecule has 0 saturated heterocycles. The number of carboxylic acid groups (broad SMARTS) is 1. The van der Waals surface area contributed by atoms with Crippen LogP contribution in [0.3, 0.4) is 0 Å². The molecular weight excluding hydrogens is 514 g/mol. The van der Waals surface area contributed by atoms with Gasteiger partial charge in [0.25, 0.3) is 5.91 Å². The first kappa shape index (κ1) is 30.1. The number of aliphatic carboxylic acids is 1. The van der Waals surface area contributed by atoms with Crippen LogP contribution in [0.25, 0.3) is 11.1 Å². The highest BCUT2D eigenvalue weighted by Gasteiger charge is 2.24. The second kappa shape index (κ2) is 14.1. The SMILES string of the molecule is CCCC[C@@H](OCc1ccc(C(=O)N[C@@H](CCS(C)(=O)=O)C(=O)O)c(-c2ccccc2C)c1)c1ccccc1. The van der Waals surface area contributed by atoms with Crippen LogP contribution in [0, 0.1) is 6.92 Å². The summed E-state index contributed by atoms with van der Waals surface area (Å²) in [5.74, 6) is -2.20. The van der Waals surface area contributed by atoms with Crippen molar-refractivity contribution in [1.29, 1.82) is 0 Å². The third-order valence-electron chi connectivity index (χ3n) is 6.59. The van der Waals surface area contributed by atoms with Crippen LogP contribution < -0.4 is 5.32 Å². The molecule has 3 aromatic carbocycles. The van der Waals surface area contributed by atoms with E-state index in [1.807, 2.05) is 61.5 Å². The topological polar surface area (TPSA) is 110 Å². The van der Waals surface area contributed by atoms with Crippen molar-refractivity contribution in [2.75, 3.05) is 12.0 Å². The number of hydrogen-bond acceptors (Lipinski definition) is 5. The minimum Gasteiger partial charge on any atom is -0.480 e. The van der Waals surface area contributed by atoms with Gasteiger partial charge >= 0.3 is 5.97 Å². The molecule has 2 N–H and O–H groups in total. The predicted molar refractivity (Wildman–Crippen MR) is 153 cm³/mol. The summed E-state index contributed by atoms with van der Waals surface area (Å²) < 4.78 is 29.5. The van der Waals surface area contributed by atoms with Gasteiger partial charge in [0, 0.05) is 11.8 Å². The number of carbonyl (C=O) groups is 2. The Morgan fingerprint density at radius 1 is 0.949 bits per heavy atom. The zero-order valence-corrected chi connectivity index (χ0v) is 23.5. The maximum Gasteiger partial charge on any atom is 0.326 e. The van der Waals surface area contributed by atoms with Gasteiger partial charge in [-0.15, -0.1) is 0 Å². The van der Waals surface area contributed by atoms with Crippen LogP contribution in [0.1, 0.15) is 65.8 Å². The molecule has 0 aliphatic heterocycles. The van der Waals surface area contributed by atoms with E-state index in [4.69, 9.17) is 4.74 Å². The highest BCUT2D eigenvalue weighted by atomic mass is 32.2. The first-order valence-electron chi connectivity index (χ1n) is 13.2. The van der Waals surface area contributed by atoms with Gasteiger partial charge in [0.1, 0.15) is 15.9 Å². The van der Waals surface area contributed by atoms with Gasteiger partial charge in [0.2, 0.25) is 0 Å². The number of hydrogen-bond donors (Lipinski definition) is 2. The van der Waals surface area contributed by atoms with Crippen molar-refractivity contribution < 1.29 is 27.9 Å². The molecule has 0 aliphatic carbocycles. The first-order chi connectivity index (χ1) is 18.6. The lowest BCUT2D eigenvalue weighted by Crippen LogP contribution is -2.42. The Morgan fingerprint density at radius 2 is 1.64 bits per heavy atom. The molecule has 7 nitrogen and oxygen atoms in total. The van der Waals surface area contributed by atoms with E-state index in [-0.39, 0.29) is 18.3 Å². The van der Waals surface area contributed by atoms with Gasteiger partial charge in [-0.2, -0.15) is 0 Å². The van der Waals surface area contributed by atoms with Crippen LogP contribution >= 0.6 is 0 Å². The van der Waals surface area contributed by atoms with E-state index in [0.29, 0.717) is 17.7 Å². The lowest BCUT2D eigenvalue weighted by Gasteiger charge is -2.20. The maximum atomic E-state index is 13.3. The van der Waals surface area contributed by atoms with Crippen molar-refractivity contribution in [1.82, 2.24) is 5.32 Å². The summed E-state index contributed by atoms with van der Waals surface area (Å²) >= 11 is 0. The van der Waals surface area contributed by atoms with Crippen LogP contribution in [-0.2, 0) is 26.0 Å². The van der Waals surface area contributed by atoms with Gasteiger partial charge in [-0.1, -0.05) is 80.4 Å². The number of unbranched alkanes of at least 4 members (excludes halogenated alkanes) is 1. The van der Waals surface area contributed by atoms with E-state index in [2.05, 4.69) is 24.4 Å². The van der Waals surface area contributed by atoms with Crippen molar-refractivity contribution >= 4 is 21.7 Å². The molecule has 0 saturated carbocycles. The van der Waals surface area contributed by atoms with Crippen LogP contribution in [0.15, 0.2) is 72.8 Å². The fraction of sp³-hybridized carbons (Fsp3) is 0.355. The fourth-order valence-corrected chi connectivity index (χ4v) is 5.07. The fourth-order valence-electron chi connectivity index (χ4n) is 4.40. The molecule has 3 aromatic rings. The van der Waals surface area contributed by atoms with Crippen molar-refractivity contribution in [3.05, 3.63) is 95.1 Å². The molecule has 39 heavy (non-hydrogen) atoms. The maximum absolute atomic E-state index is 13.3. The largest absolute Gasteiger partial charge is 0.480 e. The van der Waals surface area contributed by atoms with Crippen LogP contribution in [0.2, 0.25) is 0 Å². The number of aryl methyl sites for hydroxylation is 1. The second-order valence-electron chi connectivity index (χ2n) is 9.83. The first-order valence-corrected chi connectivity index (χ1v) is 15.2. The molecule has 2 atom stereocenters. The van der Waals surface area contributed by atoms with Crippen LogP contribution in [0.5, 0.6) is 0 Å². The van der Waals surface area contributed by atoms with Gasteiger partial charge < -0.3 is 15.2 Å². The number of sulfone groups is 1. The minimum absolute atomic E-state index is 0.0535. The van der Waals surface area contributed by atoms with Gasteiger partial charge in [-0.3, -0.25) is 4.79 Å². The van der Waals surface area contributed by atoms with Crippen LogP contribution in [0.4, 0.5) is 0 Å². The Bertz CT molecular complexity index is 1370. The normalized spacial score (nSPS) is 13.0. The average Bonchev–Trinajstić information content (AvgIpc) is 2.91. The van der Waals surface area contributed by atoms with E-state index < -0.39 is 27.8 Å². The number of carbonyl (C=O) groups excluding carboxylic acids is 1. The molecule has 0 fully saturated rings. The highest BCUT2D eigenvalue weighted by molar-refractivity contribution is 7.90. The number of amides is 1. The zero-order chi connectivity index (χ0) is 28.4. The molecule has 0 heterocycles.